The molecule has 1 unspecified atom stereocenters. The fourth-order valence-electron chi connectivity index (χ4n) is 2.84. The minimum absolute atomic E-state index is 0.0659. The van der Waals surface area contributed by atoms with Crippen molar-refractivity contribution in [2.24, 2.45) is 0 Å². The van der Waals surface area contributed by atoms with E-state index in [2.05, 4.69) is 29.8 Å². The molecule has 1 atom stereocenters. The molecule has 4 heteroatoms. The van der Waals surface area contributed by atoms with E-state index < -0.39 is 0 Å². The van der Waals surface area contributed by atoms with Crippen LogP contribution in [0.2, 0.25) is 0 Å². The predicted molar refractivity (Wildman–Crippen MR) is 90.8 cm³/mol. The Morgan fingerprint density at radius 1 is 1.33 bits per heavy atom. The van der Waals surface area contributed by atoms with Gasteiger partial charge in [-0.15, -0.1) is 0 Å². The molecule has 1 aromatic rings. The van der Waals surface area contributed by atoms with Crippen LogP contribution < -0.4 is 5.32 Å². The number of nitrogens with one attached hydrogen (secondary N) is 1. The maximum atomic E-state index is 12.2. The van der Waals surface area contributed by atoms with Crippen LogP contribution in [0.5, 0.6) is 0 Å². The lowest BCUT2D eigenvalue weighted by molar-refractivity contribution is -0.121. The first-order chi connectivity index (χ1) is 10.2. The highest BCUT2D eigenvalue weighted by Crippen LogP contribution is 2.13. The van der Waals surface area contributed by atoms with Crippen molar-refractivity contribution in [3.63, 3.8) is 0 Å². The van der Waals surface area contributed by atoms with Crippen molar-refractivity contribution in [3.8, 4) is 0 Å². The number of hydrogen-bond donors (Lipinski definition) is 2. The number of likely N-dealkylation sites (tertiary alicyclic amines) is 1. The maximum absolute atomic E-state index is 12.2. The van der Waals surface area contributed by atoms with Crippen molar-refractivity contribution in [1.29, 1.82) is 0 Å². The summed E-state index contributed by atoms with van der Waals surface area (Å²) in [6, 6.07) is 10.4. The van der Waals surface area contributed by atoms with Crippen LogP contribution in [0.15, 0.2) is 30.3 Å². The lowest BCUT2D eigenvalue weighted by Gasteiger charge is -2.32. The number of rotatable bonds is 6. The summed E-state index contributed by atoms with van der Waals surface area (Å²) >= 11 is 4.46. The van der Waals surface area contributed by atoms with E-state index in [9.17, 15) is 4.79 Å². The van der Waals surface area contributed by atoms with Gasteiger partial charge in [-0.2, -0.15) is 12.6 Å². The molecule has 0 aromatic heterocycles. The van der Waals surface area contributed by atoms with Crippen molar-refractivity contribution in [2.75, 3.05) is 19.6 Å². The van der Waals surface area contributed by atoms with E-state index in [1.54, 1.807) is 0 Å². The van der Waals surface area contributed by atoms with Gasteiger partial charge >= 0.3 is 0 Å². The van der Waals surface area contributed by atoms with Gasteiger partial charge in [0, 0.05) is 19.1 Å². The summed E-state index contributed by atoms with van der Waals surface area (Å²) in [7, 11) is 0. The van der Waals surface area contributed by atoms with Crippen LogP contribution in [0.4, 0.5) is 0 Å². The highest BCUT2D eigenvalue weighted by molar-refractivity contribution is 7.81. The fourth-order valence-corrected chi connectivity index (χ4v) is 3.13. The van der Waals surface area contributed by atoms with E-state index in [1.807, 2.05) is 30.3 Å². The normalized spacial score (nSPS) is 18.4. The van der Waals surface area contributed by atoms with Gasteiger partial charge in [0.05, 0.1) is 5.25 Å². The number of thiol groups is 1. The van der Waals surface area contributed by atoms with Gasteiger partial charge in [0.15, 0.2) is 0 Å². The van der Waals surface area contributed by atoms with E-state index in [4.69, 9.17) is 0 Å². The summed E-state index contributed by atoms with van der Waals surface area (Å²) in [6.45, 7) is 5.57. The molecule has 1 aliphatic heterocycles. The number of carbonyl (C=O) groups is 1. The second-order valence-corrected chi connectivity index (χ2v) is 6.45. The van der Waals surface area contributed by atoms with Crippen LogP contribution in [-0.4, -0.2) is 41.7 Å². The van der Waals surface area contributed by atoms with Crippen molar-refractivity contribution in [2.45, 2.75) is 43.9 Å². The Labute approximate surface area is 133 Å². The molecule has 2 rings (SSSR count). The highest BCUT2D eigenvalue weighted by atomic mass is 32.1. The predicted octanol–water partition coefficient (Wildman–Crippen LogP) is 2.52. The third kappa shape index (κ3) is 5.36. The maximum Gasteiger partial charge on any atom is 0.233 e. The first kappa shape index (κ1) is 16.4. The molecule has 21 heavy (non-hydrogen) atoms. The smallest absolute Gasteiger partial charge is 0.233 e. The molecule has 0 radical (unpaired) electrons. The molecule has 1 aromatic carbocycles. The van der Waals surface area contributed by atoms with Gasteiger partial charge in [-0.3, -0.25) is 4.79 Å². The Hall–Kier alpha value is -1.00. The molecule has 3 nitrogen and oxygen atoms in total. The summed E-state index contributed by atoms with van der Waals surface area (Å²) in [5.74, 6) is 0.0659. The molecule has 1 heterocycles. The van der Waals surface area contributed by atoms with Crippen LogP contribution in [0.25, 0.3) is 0 Å². The van der Waals surface area contributed by atoms with Gasteiger partial charge in [-0.25, -0.2) is 0 Å². The summed E-state index contributed by atoms with van der Waals surface area (Å²) in [4.78, 5) is 14.7. The zero-order valence-corrected chi connectivity index (χ0v) is 13.7. The number of hydrogen-bond acceptors (Lipinski definition) is 3. The van der Waals surface area contributed by atoms with Crippen LogP contribution >= 0.6 is 12.6 Å². The van der Waals surface area contributed by atoms with Crippen LogP contribution in [0.1, 0.15) is 31.7 Å². The quantitative estimate of drug-likeness (QED) is 0.792. The van der Waals surface area contributed by atoms with Crippen LogP contribution in [0.3, 0.4) is 0 Å². The van der Waals surface area contributed by atoms with Gasteiger partial charge in [-0.05, 0) is 37.8 Å². The number of piperidine rings is 1. The molecule has 1 fully saturated rings. The van der Waals surface area contributed by atoms with E-state index in [1.165, 1.54) is 13.0 Å². The molecule has 1 N–H and O–H groups in total. The van der Waals surface area contributed by atoms with E-state index in [0.717, 1.165) is 31.5 Å². The first-order valence-electron chi connectivity index (χ1n) is 7.93. The van der Waals surface area contributed by atoms with Gasteiger partial charge in [0.25, 0.3) is 0 Å². The summed E-state index contributed by atoms with van der Waals surface area (Å²) in [5.41, 5.74) is 1.16. The van der Waals surface area contributed by atoms with Gasteiger partial charge in [-0.1, -0.05) is 37.3 Å². The largest absolute Gasteiger partial charge is 0.352 e. The first-order valence-corrected chi connectivity index (χ1v) is 8.45. The molecule has 116 valence electrons. The van der Waals surface area contributed by atoms with Crippen molar-refractivity contribution >= 4 is 18.5 Å². The fraction of sp³-hybridized carbons (Fsp3) is 0.588. The lowest BCUT2D eigenvalue weighted by Crippen LogP contribution is -2.47. The summed E-state index contributed by atoms with van der Waals surface area (Å²) in [6.07, 6.45) is 3.99. The molecule has 1 saturated heterocycles. The zero-order chi connectivity index (χ0) is 15.1. The number of nitrogens with zero attached hydrogens (tertiary/aromatic N) is 1. The Morgan fingerprint density at radius 2 is 2.00 bits per heavy atom. The molecule has 0 aliphatic carbocycles. The standard InChI is InChI=1S/C17H26N2OS/c1-2-10-19-11-8-15(9-12-19)18-17(20)16(21)13-14-6-4-3-5-7-14/h3-7,15-16,21H,2,8-13H2,1H3,(H,18,20). The van der Waals surface area contributed by atoms with Crippen molar-refractivity contribution in [3.05, 3.63) is 35.9 Å². The Bertz CT molecular complexity index is 430. The molecule has 0 bridgehead atoms. The van der Waals surface area contributed by atoms with E-state index >= 15 is 0 Å². The SMILES string of the molecule is CCCN1CCC(NC(=O)C(S)Cc2ccccc2)CC1. The monoisotopic (exact) mass is 306 g/mol. The minimum Gasteiger partial charge on any atom is -0.352 e. The lowest BCUT2D eigenvalue weighted by atomic mass is 10.0. The van der Waals surface area contributed by atoms with Crippen LogP contribution in [0, 0.1) is 0 Å². The van der Waals surface area contributed by atoms with Gasteiger partial charge in [0.1, 0.15) is 0 Å². The Kier molecular flexibility index (Phi) is 6.58. The number of benzene rings is 1. The van der Waals surface area contributed by atoms with E-state index in [-0.39, 0.29) is 11.2 Å². The molecule has 0 saturated carbocycles. The van der Waals surface area contributed by atoms with Crippen molar-refractivity contribution < 1.29 is 4.79 Å². The highest BCUT2D eigenvalue weighted by Gasteiger charge is 2.22. The van der Waals surface area contributed by atoms with Gasteiger partial charge < -0.3 is 10.2 Å². The molecule has 0 spiro atoms. The second-order valence-electron chi connectivity index (χ2n) is 5.83. The third-order valence-electron chi connectivity index (χ3n) is 4.05. The number of amides is 1. The topological polar surface area (TPSA) is 32.3 Å². The number of carbonyl (C=O) groups excluding carboxylic acids is 1. The average Bonchev–Trinajstić information content (AvgIpc) is 2.50. The molecular formula is C17H26N2OS. The zero-order valence-electron chi connectivity index (χ0n) is 12.8. The summed E-state index contributed by atoms with van der Waals surface area (Å²) in [5, 5.41) is 2.90. The molecule has 1 aliphatic rings. The molecule has 1 amide bonds. The minimum atomic E-state index is -0.263. The average molecular weight is 306 g/mol. The van der Waals surface area contributed by atoms with Crippen LogP contribution in [-0.2, 0) is 11.2 Å². The van der Waals surface area contributed by atoms with Crippen molar-refractivity contribution in [1.82, 2.24) is 10.2 Å². The Balaban J connectivity index is 1.74. The second kappa shape index (κ2) is 8.44. The third-order valence-corrected chi connectivity index (χ3v) is 4.47. The molecular weight excluding hydrogens is 280 g/mol. The Morgan fingerprint density at radius 3 is 2.62 bits per heavy atom. The summed E-state index contributed by atoms with van der Waals surface area (Å²) < 4.78 is 0. The van der Waals surface area contributed by atoms with E-state index in [0.29, 0.717) is 12.5 Å². The van der Waals surface area contributed by atoms with Gasteiger partial charge in [0.2, 0.25) is 5.91 Å².